The Balaban J connectivity index is 2.84. The molecule has 1 aliphatic rings. The van der Waals surface area contributed by atoms with E-state index in [0.717, 1.165) is 0 Å². The van der Waals surface area contributed by atoms with Crippen LogP contribution in [-0.4, -0.2) is 85.0 Å². The standard InChI is InChI=1S/C19H33N5O5/c1-19(2,3)29-18(28)22-13(12-21-15(25)9-7-10-23(4)5)17(27)24-11-6-8-14(24)16(20)26/h7,9,13-14H,6,8,10-12H2,1-5H3,(H2,20,26)(H,21,25)(H,22,28)/b9-7+/t13-,14-/m0/s1. The fourth-order valence-corrected chi connectivity index (χ4v) is 2.81. The van der Waals surface area contributed by atoms with Gasteiger partial charge in [-0.3, -0.25) is 14.4 Å². The smallest absolute Gasteiger partial charge is 0.408 e. The molecule has 4 N–H and O–H groups in total. The van der Waals surface area contributed by atoms with Crippen molar-refractivity contribution < 1.29 is 23.9 Å². The molecule has 10 heteroatoms. The molecule has 0 saturated carbocycles. The van der Waals surface area contributed by atoms with Crippen LogP contribution < -0.4 is 16.4 Å². The molecule has 0 aliphatic carbocycles. The minimum atomic E-state index is -1.09. The molecular formula is C19H33N5O5. The normalized spacial score (nSPS) is 18.0. The summed E-state index contributed by atoms with van der Waals surface area (Å²) in [6, 6.07) is -1.81. The Bertz CT molecular complexity index is 641. The van der Waals surface area contributed by atoms with E-state index in [2.05, 4.69) is 10.6 Å². The number of alkyl carbamates (subject to hydrolysis) is 1. The van der Waals surface area contributed by atoms with Crippen molar-refractivity contribution in [3.05, 3.63) is 12.2 Å². The second kappa shape index (κ2) is 10.8. The van der Waals surface area contributed by atoms with Gasteiger partial charge in [-0.2, -0.15) is 0 Å². The number of hydrogen-bond donors (Lipinski definition) is 3. The lowest BCUT2D eigenvalue weighted by atomic mass is 10.2. The fourth-order valence-electron chi connectivity index (χ4n) is 2.81. The Morgan fingerprint density at radius 3 is 2.48 bits per heavy atom. The third kappa shape index (κ3) is 8.95. The Morgan fingerprint density at radius 1 is 1.28 bits per heavy atom. The largest absolute Gasteiger partial charge is 0.444 e. The Kier molecular flexibility index (Phi) is 9.09. The van der Waals surface area contributed by atoms with Crippen molar-refractivity contribution in [3.63, 3.8) is 0 Å². The predicted molar refractivity (Wildman–Crippen MR) is 108 cm³/mol. The number of rotatable bonds is 8. The van der Waals surface area contributed by atoms with Crippen LogP contribution in [0.5, 0.6) is 0 Å². The summed E-state index contributed by atoms with van der Waals surface area (Å²) in [5.41, 5.74) is 4.63. The topological polar surface area (TPSA) is 134 Å². The van der Waals surface area contributed by atoms with E-state index in [0.29, 0.717) is 25.9 Å². The maximum absolute atomic E-state index is 12.9. The second-order valence-corrected chi connectivity index (χ2v) is 8.20. The van der Waals surface area contributed by atoms with Gasteiger partial charge in [0.25, 0.3) is 0 Å². The van der Waals surface area contributed by atoms with Gasteiger partial charge in [0.15, 0.2) is 0 Å². The van der Waals surface area contributed by atoms with Gasteiger partial charge in [-0.25, -0.2) is 4.79 Å². The Morgan fingerprint density at radius 2 is 1.93 bits per heavy atom. The van der Waals surface area contributed by atoms with Crippen LogP contribution in [0.25, 0.3) is 0 Å². The van der Waals surface area contributed by atoms with E-state index in [1.54, 1.807) is 26.8 Å². The molecule has 164 valence electrons. The average molecular weight is 412 g/mol. The zero-order valence-electron chi connectivity index (χ0n) is 17.9. The summed E-state index contributed by atoms with van der Waals surface area (Å²) in [4.78, 5) is 52.0. The molecule has 0 radical (unpaired) electrons. The third-order valence-corrected chi connectivity index (χ3v) is 4.07. The molecule has 0 unspecified atom stereocenters. The molecule has 1 fully saturated rings. The van der Waals surface area contributed by atoms with Gasteiger partial charge in [-0.15, -0.1) is 0 Å². The van der Waals surface area contributed by atoms with Crippen LogP contribution in [-0.2, 0) is 19.1 Å². The number of nitrogens with one attached hydrogen (secondary N) is 2. The van der Waals surface area contributed by atoms with Crippen LogP contribution in [0, 0.1) is 0 Å². The molecule has 0 bridgehead atoms. The van der Waals surface area contributed by atoms with Crippen LogP contribution in [0.15, 0.2) is 12.2 Å². The molecule has 4 amide bonds. The van der Waals surface area contributed by atoms with Gasteiger partial charge in [0.1, 0.15) is 17.7 Å². The van der Waals surface area contributed by atoms with Crippen LogP contribution in [0.3, 0.4) is 0 Å². The van der Waals surface area contributed by atoms with E-state index in [9.17, 15) is 19.2 Å². The number of nitrogens with zero attached hydrogens (tertiary/aromatic N) is 2. The zero-order chi connectivity index (χ0) is 22.2. The first kappa shape index (κ1) is 24.4. The van der Waals surface area contributed by atoms with Crippen LogP contribution in [0.4, 0.5) is 4.79 Å². The number of amides is 4. The van der Waals surface area contributed by atoms with E-state index < -0.39 is 41.5 Å². The minimum absolute atomic E-state index is 0.148. The second-order valence-electron chi connectivity index (χ2n) is 8.20. The number of carbonyl (C=O) groups excluding carboxylic acids is 4. The van der Waals surface area contributed by atoms with Crippen LogP contribution in [0.1, 0.15) is 33.6 Å². The average Bonchev–Trinajstić information content (AvgIpc) is 3.05. The van der Waals surface area contributed by atoms with Gasteiger partial charge in [0.05, 0.1) is 0 Å². The highest BCUT2D eigenvalue weighted by molar-refractivity contribution is 5.92. The highest BCUT2D eigenvalue weighted by Gasteiger charge is 2.37. The molecule has 0 spiro atoms. The quantitative estimate of drug-likeness (QED) is 0.465. The third-order valence-electron chi connectivity index (χ3n) is 4.07. The number of carbonyl (C=O) groups is 4. The molecular weight excluding hydrogens is 378 g/mol. The van der Waals surface area contributed by atoms with E-state index in [1.165, 1.54) is 11.0 Å². The first-order valence-corrected chi connectivity index (χ1v) is 9.59. The minimum Gasteiger partial charge on any atom is -0.444 e. The van der Waals surface area contributed by atoms with Crippen molar-refractivity contribution in [1.29, 1.82) is 0 Å². The molecule has 1 heterocycles. The molecule has 1 saturated heterocycles. The Labute approximate surface area is 171 Å². The lowest BCUT2D eigenvalue weighted by molar-refractivity contribution is -0.139. The summed E-state index contributed by atoms with van der Waals surface area (Å²) < 4.78 is 5.21. The number of primary amides is 1. The summed E-state index contributed by atoms with van der Waals surface area (Å²) in [6.07, 6.45) is 3.36. The zero-order valence-corrected chi connectivity index (χ0v) is 17.9. The summed E-state index contributed by atoms with van der Waals surface area (Å²) in [7, 11) is 3.74. The van der Waals surface area contributed by atoms with Gasteiger partial charge >= 0.3 is 6.09 Å². The summed E-state index contributed by atoms with van der Waals surface area (Å²) in [5, 5.41) is 5.08. The summed E-state index contributed by atoms with van der Waals surface area (Å²) >= 11 is 0. The molecule has 1 rings (SSSR count). The summed E-state index contributed by atoms with van der Waals surface area (Å²) in [5.74, 6) is -1.49. The van der Waals surface area contributed by atoms with E-state index in [1.807, 2.05) is 19.0 Å². The van der Waals surface area contributed by atoms with Crippen LogP contribution >= 0.6 is 0 Å². The van der Waals surface area contributed by atoms with Crippen molar-refractivity contribution >= 4 is 23.8 Å². The lowest BCUT2D eigenvalue weighted by Gasteiger charge is -2.28. The maximum Gasteiger partial charge on any atom is 0.408 e. The van der Waals surface area contributed by atoms with Crippen LogP contribution in [0.2, 0.25) is 0 Å². The maximum atomic E-state index is 12.9. The molecule has 0 aromatic heterocycles. The monoisotopic (exact) mass is 411 g/mol. The first-order valence-electron chi connectivity index (χ1n) is 9.59. The highest BCUT2D eigenvalue weighted by atomic mass is 16.6. The van der Waals surface area contributed by atoms with Crippen molar-refractivity contribution in [3.8, 4) is 0 Å². The van der Waals surface area contributed by atoms with Crippen molar-refractivity contribution in [1.82, 2.24) is 20.4 Å². The van der Waals surface area contributed by atoms with Gasteiger partial charge in [-0.1, -0.05) is 6.08 Å². The fraction of sp³-hybridized carbons (Fsp3) is 0.684. The van der Waals surface area contributed by atoms with Gasteiger partial charge in [0.2, 0.25) is 17.7 Å². The van der Waals surface area contributed by atoms with Crippen molar-refractivity contribution in [2.45, 2.75) is 51.3 Å². The lowest BCUT2D eigenvalue weighted by Crippen LogP contribution is -2.56. The van der Waals surface area contributed by atoms with Gasteiger partial charge in [-0.05, 0) is 47.7 Å². The summed E-state index contributed by atoms with van der Waals surface area (Å²) in [6.45, 7) is 5.89. The molecule has 0 aromatic rings. The molecule has 10 nitrogen and oxygen atoms in total. The Hall–Kier alpha value is -2.62. The van der Waals surface area contributed by atoms with E-state index in [-0.39, 0.29) is 6.54 Å². The van der Waals surface area contributed by atoms with Crippen molar-refractivity contribution in [2.75, 3.05) is 33.7 Å². The predicted octanol–water partition coefficient (Wildman–Crippen LogP) is -0.410. The first-order chi connectivity index (χ1) is 13.4. The van der Waals surface area contributed by atoms with Crippen molar-refractivity contribution in [2.24, 2.45) is 5.73 Å². The SMILES string of the molecule is CN(C)C/C=C/C(=O)NC[C@H](NC(=O)OC(C)(C)C)C(=O)N1CCC[C@H]1C(N)=O. The number of nitrogens with two attached hydrogens (primary N) is 1. The molecule has 2 atom stereocenters. The van der Waals surface area contributed by atoms with Gasteiger partial charge < -0.3 is 30.9 Å². The number of likely N-dealkylation sites (N-methyl/N-ethyl adjacent to an activating group) is 1. The number of ether oxygens (including phenoxy) is 1. The number of hydrogen-bond acceptors (Lipinski definition) is 6. The van der Waals surface area contributed by atoms with E-state index >= 15 is 0 Å². The molecule has 29 heavy (non-hydrogen) atoms. The highest BCUT2D eigenvalue weighted by Crippen LogP contribution is 2.18. The van der Waals surface area contributed by atoms with E-state index in [4.69, 9.17) is 10.5 Å². The number of likely N-dealkylation sites (tertiary alicyclic amines) is 1. The molecule has 0 aromatic carbocycles. The van der Waals surface area contributed by atoms with Gasteiger partial charge in [0, 0.05) is 25.7 Å². The molecule has 1 aliphatic heterocycles.